The minimum Gasteiger partial charge on any atom is -0.368 e. The van der Waals surface area contributed by atoms with Crippen LogP contribution in [0.5, 0.6) is 0 Å². The number of carbonyl (C=O) groups is 1. The highest BCUT2D eigenvalue weighted by Gasteiger charge is 2.44. The molecule has 18 heavy (non-hydrogen) atoms. The molecule has 1 aromatic rings. The zero-order chi connectivity index (χ0) is 13.3. The van der Waals surface area contributed by atoms with Crippen LogP contribution < -0.4 is 10.6 Å². The lowest BCUT2D eigenvalue weighted by atomic mass is 9.89. The van der Waals surface area contributed by atoms with E-state index in [-0.39, 0.29) is 25.1 Å². The summed E-state index contributed by atoms with van der Waals surface area (Å²) >= 11 is 0. The molecule has 1 aromatic carbocycles. The molecule has 0 spiro atoms. The Kier molecular flexibility index (Phi) is 3.19. The van der Waals surface area contributed by atoms with Crippen LogP contribution in [0.2, 0.25) is 0 Å². The molecule has 2 N–H and O–H groups in total. The van der Waals surface area contributed by atoms with Crippen LogP contribution in [0.4, 0.5) is 18.9 Å². The summed E-state index contributed by atoms with van der Waals surface area (Å²) in [4.78, 5) is 12.5. The van der Waals surface area contributed by atoms with Crippen molar-refractivity contribution in [1.82, 2.24) is 0 Å². The molecule has 2 rings (SSSR count). The van der Waals surface area contributed by atoms with Gasteiger partial charge in [0.1, 0.15) is 0 Å². The van der Waals surface area contributed by atoms with Gasteiger partial charge in [0.15, 0.2) is 0 Å². The van der Waals surface area contributed by atoms with E-state index in [0.717, 1.165) is 0 Å². The second-order valence-electron chi connectivity index (χ2n) is 4.33. The van der Waals surface area contributed by atoms with Gasteiger partial charge in [0.25, 0.3) is 0 Å². The highest BCUT2D eigenvalue weighted by atomic mass is 19.4. The van der Waals surface area contributed by atoms with E-state index in [9.17, 15) is 18.0 Å². The van der Waals surface area contributed by atoms with Crippen molar-refractivity contribution in [3.63, 3.8) is 0 Å². The summed E-state index contributed by atoms with van der Waals surface area (Å²) < 4.78 is 38.7. The number of amides is 1. The lowest BCUT2D eigenvalue weighted by Gasteiger charge is -2.35. The smallest absolute Gasteiger partial charge is 0.368 e. The summed E-state index contributed by atoms with van der Waals surface area (Å²) in [6.45, 7) is 0.131. The van der Waals surface area contributed by atoms with Gasteiger partial charge in [-0.3, -0.25) is 4.79 Å². The lowest BCUT2D eigenvalue weighted by Crippen LogP contribution is -2.40. The zero-order valence-corrected chi connectivity index (χ0v) is 9.57. The van der Waals surface area contributed by atoms with Crippen molar-refractivity contribution in [2.45, 2.75) is 18.5 Å². The van der Waals surface area contributed by atoms with Gasteiger partial charge in [-0.1, -0.05) is 18.2 Å². The number of para-hydroxylation sites is 1. The van der Waals surface area contributed by atoms with Crippen molar-refractivity contribution in [1.29, 1.82) is 0 Å². The number of nitrogens with two attached hydrogens (primary N) is 1. The third-order valence-electron chi connectivity index (χ3n) is 3.08. The zero-order valence-electron chi connectivity index (χ0n) is 9.57. The molecule has 0 unspecified atom stereocenters. The molecule has 0 saturated carbocycles. The second kappa shape index (κ2) is 4.51. The third kappa shape index (κ3) is 2.42. The average molecular weight is 258 g/mol. The minimum absolute atomic E-state index is 0.0478. The molecule has 0 bridgehead atoms. The van der Waals surface area contributed by atoms with Gasteiger partial charge < -0.3 is 10.6 Å². The number of carbonyl (C=O) groups excluding carboxylic acids is 1. The molecular formula is C12H13F3N2O. The molecule has 6 heteroatoms. The Labute approximate surface area is 102 Å². The van der Waals surface area contributed by atoms with Gasteiger partial charge in [-0.05, 0) is 18.1 Å². The number of nitrogens with zero attached hydrogens (tertiary/aromatic N) is 1. The van der Waals surface area contributed by atoms with E-state index in [1.807, 2.05) is 0 Å². The molecule has 1 amide bonds. The molecular weight excluding hydrogens is 245 g/mol. The van der Waals surface area contributed by atoms with Gasteiger partial charge in [-0.2, -0.15) is 13.2 Å². The monoisotopic (exact) mass is 258 g/mol. The van der Waals surface area contributed by atoms with Gasteiger partial charge in [0, 0.05) is 12.2 Å². The maximum absolute atomic E-state index is 12.9. The number of hydrogen-bond acceptors (Lipinski definition) is 2. The molecule has 0 radical (unpaired) electrons. The summed E-state index contributed by atoms with van der Waals surface area (Å²) in [5.74, 6) is -2.01. The van der Waals surface area contributed by atoms with E-state index >= 15 is 0 Å². The van der Waals surface area contributed by atoms with Crippen LogP contribution in [0.1, 0.15) is 17.9 Å². The van der Waals surface area contributed by atoms with Crippen LogP contribution >= 0.6 is 0 Å². The topological polar surface area (TPSA) is 46.3 Å². The SMILES string of the molecule is NC(=O)CN1CC[C@@H](C(F)(F)F)c2ccccc21. The van der Waals surface area contributed by atoms with E-state index in [2.05, 4.69) is 0 Å². The third-order valence-corrected chi connectivity index (χ3v) is 3.08. The number of anilines is 1. The fraction of sp³-hybridized carbons (Fsp3) is 0.417. The minimum atomic E-state index is -4.26. The van der Waals surface area contributed by atoms with Crippen LogP contribution in [-0.2, 0) is 4.79 Å². The van der Waals surface area contributed by atoms with Crippen molar-refractivity contribution in [3.8, 4) is 0 Å². The Hall–Kier alpha value is -1.72. The summed E-state index contributed by atoms with van der Waals surface area (Å²) in [7, 11) is 0. The van der Waals surface area contributed by atoms with Gasteiger partial charge in [0.05, 0.1) is 12.5 Å². The van der Waals surface area contributed by atoms with Gasteiger partial charge in [-0.25, -0.2) is 0 Å². The fourth-order valence-corrected chi connectivity index (χ4v) is 2.32. The summed E-state index contributed by atoms with van der Waals surface area (Å²) in [6.07, 6.45) is -4.30. The maximum atomic E-state index is 12.9. The number of hydrogen-bond donors (Lipinski definition) is 1. The predicted molar refractivity (Wildman–Crippen MR) is 61.3 cm³/mol. The first kappa shape index (κ1) is 12.7. The van der Waals surface area contributed by atoms with Gasteiger partial charge >= 0.3 is 6.18 Å². The summed E-state index contributed by atoms with van der Waals surface area (Å²) in [6, 6.07) is 6.29. The van der Waals surface area contributed by atoms with Crippen LogP contribution in [-0.4, -0.2) is 25.2 Å². The number of primary amides is 1. The quantitative estimate of drug-likeness (QED) is 0.882. The van der Waals surface area contributed by atoms with E-state index in [0.29, 0.717) is 5.69 Å². The standard InChI is InChI=1S/C12H13F3N2O/c13-12(14,15)9-5-6-17(7-11(16)18)10-4-2-1-3-8(9)10/h1-4,9H,5-7H2,(H2,16,18)/t9-/m1/s1. The van der Waals surface area contributed by atoms with Crippen molar-refractivity contribution in [3.05, 3.63) is 29.8 Å². The summed E-state index contributed by atoms with van der Waals surface area (Å²) in [5, 5.41) is 0. The number of fused-ring (bicyclic) bond motifs is 1. The van der Waals surface area contributed by atoms with Gasteiger partial charge in [0.2, 0.25) is 5.91 Å². The first-order valence-corrected chi connectivity index (χ1v) is 5.58. The Balaban J connectivity index is 2.37. The molecule has 0 aromatic heterocycles. The largest absolute Gasteiger partial charge is 0.395 e. The Bertz CT molecular complexity index is 459. The molecule has 0 aliphatic carbocycles. The molecule has 1 atom stereocenters. The van der Waals surface area contributed by atoms with Crippen molar-refractivity contribution in [2.75, 3.05) is 18.0 Å². The van der Waals surface area contributed by atoms with Crippen LogP contribution in [0.25, 0.3) is 0 Å². The van der Waals surface area contributed by atoms with Crippen molar-refractivity contribution in [2.24, 2.45) is 5.73 Å². The van der Waals surface area contributed by atoms with E-state index < -0.39 is 18.0 Å². The molecule has 0 fully saturated rings. The number of alkyl halides is 3. The first-order valence-electron chi connectivity index (χ1n) is 5.58. The number of benzene rings is 1. The van der Waals surface area contributed by atoms with Crippen molar-refractivity contribution < 1.29 is 18.0 Å². The van der Waals surface area contributed by atoms with Crippen LogP contribution in [0.3, 0.4) is 0 Å². The molecule has 1 aliphatic heterocycles. The molecule has 98 valence electrons. The normalized spacial score (nSPS) is 19.5. The average Bonchev–Trinajstić information content (AvgIpc) is 2.27. The second-order valence-corrected chi connectivity index (χ2v) is 4.33. The molecule has 1 heterocycles. The highest BCUT2D eigenvalue weighted by molar-refractivity contribution is 5.80. The van der Waals surface area contributed by atoms with Gasteiger partial charge in [-0.15, -0.1) is 0 Å². The number of halogens is 3. The molecule has 3 nitrogen and oxygen atoms in total. The predicted octanol–water partition coefficient (Wildman–Crippen LogP) is 2.03. The van der Waals surface area contributed by atoms with Crippen LogP contribution in [0, 0.1) is 0 Å². The Morgan fingerprint density at radius 1 is 1.39 bits per heavy atom. The first-order chi connectivity index (χ1) is 8.39. The number of rotatable bonds is 2. The Morgan fingerprint density at radius 3 is 2.67 bits per heavy atom. The fourth-order valence-electron chi connectivity index (χ4n) is 2.32. The lowest BCUT2D eigenvalue weighted by molar-refractivity contribution is -0.152. The van der Waals surface area contributed by atoms with E-state index in [1.54, 1.807) is 23.1 Å². The maximum Gasteiger partial charge on any atom is 0.395 e. The highest BCUT2D eigenvalue weighted by Crippen LogP contribution is 2.44. The van der Waals surface area contributed by atoms with E-state index in [4.69, 9.17) is 5.73 Å². The summed E-state index contributed by atoms with van der Waals surface area (Å²) in [5.41, 5.74) is 5.77. The Morgan fingerprint density at radius 2 is 2.06 bits per heavy atom. The molecule has 0 saturated heterocycles. The van der Waals surface area contributed by atoms with Crippen molar-refractivity contribution >= 4 is 11.6 Å². The molecule has 1 aliphatic rings. The van der Waals surface area contributed by atoms with Crippen LogP contribution in [0.15, 0.2) is 24.3 Å². The van der Waals surface area contributed by atoms with E-state index in [1.165, 1.54) is 6.07 Å².